The minimum atomic E-state index is -3.21. The largest absolute Gasteiger partial charge is 0.356 e. The number of sulfonamides is 1. The van der Waals surface area contributed by atoms with Gasteiger partial charge in [-0.1, -0.05) is 36.4 Å². The molecular formula is C22H29N3O4S. The summed E-state index contributed by atoms with van der Waals surface area (Å²) >= 11 is 0. The van der Waals surface area contributed by atoms with E-state index in [1.807, 2.05) is 42.5 Å². The number of rotatable bonds is 7. The summed E-state index contributed by atoms with van der Waals surface area (Å²) < 4.78 is 24.1. The number of carbonyl (C=O) groups excluding carboxylic acids is 2. The Balaban J connectivity index is 1.57. The Kier molecular flexibility index (Phi) is 7.10. The molecule has 0 bridgehead atoms. The van der Waals surface area contributed by atoms with Crippen LogP contribution in [0.2, 0.25) is 0 Å². The van der Waals surface area contributed by atoms with Gasteiger partial charge >= 0.3 is 0 Å². The second-order valence-corrected chi connectivity index (χ2v) is 9.94. The Morgan fingerprint density at radius 2 is 1.90 bits per heavy atom. The van der Waals surface area contributed by atoms with Gasteiger partial charge in [0.1, 0.15) is 0 Å². The maximum atomic E-state index is 13.1. The number of amides is 2. The van der Waals surface area contributed by atoms with Gasteiger partial charge in [-0.05, 0) is 36.1 Å². The molecule has 2 aromatic rings. The third-order valence-corrected chi connectivity index (χ3v) is 6.93. The van der Waals surface area contributed by atoms with E-state index < -0.39 is 10.0 Å². The van der Waals surface area contributed by atoms with Crippen LogP contribution in [0.1, 0.15) is 29.6 Å². The highest BCUT2D eigenvalue weighted by atomic mass is 32.2. The first-order chi connectivity index (χ1) is 14.3. The molecular weight excluding hydrogens is 402 g/mol. The van der Waals surface area contributed by atoms with Gasteiger partial charge in [-0.25, -0.2) is 12.7 Å². The number of fused-ring (bicyclic) bond motifs is 1. The maximum Gasteiger partial charge on any atom is 0.254 e. The van der Waals surface area contributed by atoms with E-state index in [2.05, 4.69) is 5.32 Å². The first kappa shape index (κ1) is 22.2. The van der Waals surface area contributed by atoms with Crippen molar-refractivity contribution in [2.24, 2.45) is 5.92 Å². The summed E-state index contributed by atoms with van der Waals surface area (Å²) in [5.41, 5.74) is 0.665. The average molecular weight is 432 g/mol. The summed E-state index contributed by atoms with van der Waals surface area (Å²) in [6, 6.07) is 13.5. The molecule has 0 aliphatic carbocycles. The van der Waals surface area contributed by atoms with Crippen molar-refractivity contribution in [3.05, 3.63) is 48.0 Å². The van der Waals surface area contributed by atoms with Crippen LogP contribution in [-0.2, 0) is 14.8 Å². The van der Waals surface area contributed by atoms with Gasteiger partial charge in [0.2, 0.25) is 15.9 Å². The molecule has 1 N–H and O–H groups in total. The number of carbonyl (C=O) groups is 2. The lowest BCUT2D eigenvalue weighted by Crippen LogP contribution is -2.45. The summed E-state index contributed by atoms with van der Waals surface area (Å²) in [6.45, 7) is 1.81. The first-order valence-electron chi connectivity index (χ1n) is 10.2. The monoisotopic (exact) mass is 431 g/mol. The van der Waals surface area contributed by atoms with E-state index in [0.717, 1.165) is 29.9 Å². The number of nitrogens with zero attached hydrogens (tertiary/aromatic N) is 2. The molecule has 1 aliphatic heterocycles. The van der Waals surface area contributed by atoms with Gasteiger partial charge in [-0.3, -0.25) is 9.59 Å². The Morgan fingerprint density at radius 3 is 2.67 bits per heavy atom. The van der Waals surface area contributed by atoms with Crippen LogP contribution in [0.15, 0.2) is 42.5 Å². The van der Waals surface area contributed by atoms with E-state index in [1.54, 1.807) is 4.90 Å². The standard InChI is InChI=1S/C22H29N3O4S/c1-24(30(2,28)29)14-7-13-23-21(26)18-10-6-15-25(16-18)22(27)20-12-5-9-17-8-3-4-11-19(17)20/h3-5,8-9,11-12,18H,6-7,10,13-16H2,1-2H3,(H,23,26). The molecule has 162 valence electrons. The predicted molar refractivity (Wildman–Crippen MR) is 118 cm³/mol. The van der Waals surface area contributed by atoms with E-state index in [9.17, 15) is 18.0 Å². The van der Waals surface area contributed by atoms with Crippen molar-refractivity contribution in [3.63, 3.8) is 0 Å². The Bertz CT molecular complexity index is 1020. The molecule has 2 amide bonds. The molecule has 0 radical (unpaired) electrons. The van der Waals surface area contributed by atoms with Gasteiger partial charge in [-0.2, -0.15) is 0 Å². The molecule has 7 nitrogen and oxygen atoms in total. The topological polar surface area (TPSA) is 86.8 Å². The second kappa shape index (κ2) is 9.57. The van der Waals surface area contributed by atoms with Crippen molar-refractivity contribution in [1.29, 1.82) is 0 Å². The zero-order chi connectivity index (χ0) is 21.7. The van der Waals surface area contributed by atoms with Crippen molar-refractivity contribution in [2.45, 2.75) is 19.3 Å². The second-order valence-electron chi connectivity index (χ2n) is 7.85. The molecule has 1 unspecified atom stereocenters. The molecule has 3 rings (SSSR count). The van der Waals surface area contributed by atoms with Gasteiger partial charge in [-0.15, -0.1) is 0 Å². The Labute approximate surface area is 178 Å². The van der Waals surface area contributed by atoms with Crippen LogP contribution in [0.25, 0.3) is 10.8 Å². The van der Waals surface area contributed by atoms with Crippen LogP contribution in [0.5, 0.6) is 0 Å². The zero-order valence-electron chi connectivity index (χ0n) is 17.5. The number of piperidine rings is 1. The maximum absolute atomic E-state index is 13.1. The van der Waals surface area contributed by atoms with E-state index in [4.69, 9.17) is 0 Å². The molecule has 1 saturated heterocycles. The van der Waals surface area contributed by atoms with Gasteiger partial charge in [0.25, 0.3) is 5.91 Å². The molecule has 0 spiro atoms. The molecule has 8 heteroatoms. The number of hydrogen-bond acceptors (Lipinski definition) is 4. The van der Waals surface area contributed by atoms with E-state index in [0.29, 0.717) is 38.2 Å². The quantitative estimate of drug-likeness (QED) is 0.680. The third kappa shape index (κ3) is 5.37. The number of nitrogens with one attached hydrogen (secondary N) is 1. The van der Waals surface area contributed by atoms with Crippen LogP contribution in [0, 0.1) is 5.92 Å². The lowest BCUT2D eigenvalue weighted by Gasteiger charge is -2.32. The summed E-state index contributed by atoms with van der Waals surface area (Å²) in [5, 5.41) is 4.83. The number of likely N-dealkylation sites (tertiary alicyclic amines) is 1. The smallest absolute Gasteiger partial charge is 0.254 e. The molecule has 2 aromatic carbocycles. The fraction of sp³-hybridized carbons (Fsp3) is 0.455. The lowest BCUT2D eigenvalue weighted by atomic mass is 9.95. The fourth-order valence-corrected chi connectivity index (χ4v) is 4.24. The van der Waals surface area contributed by atoms with Crippen LogP contribution in [0.4, 0.5) is 0 Å². The average Bonchev–Trinajstić information content (AvgIpc) is 2.75. The van der Waals surface area contributed by atoms with Crippen molar-refractivity contribution in [3.8, 4) is 0 Å². The molecule has 1 atom stereocenters. The first-order valence-corrected chi connectivity index (χ1v) is 12.1. The van der Waals surface area contributed by atoms with Gasteiger partial charge < -0.3 is 10.2 Å². The lowest BCUT2D eigenvalue weighted by molar-refractivity contribution is -0.126. The number of benzene rings is 2. The third-order valence-electron chi connectivity index (χ3n) is 5.61. The van der Waals surface area contributed by atoms with Crippen molar-refractivity contribution < 1.29 is 18.0 Å². The predicted octanol–water partition coefficient (Wildman–Crippen LogP) is 2.09. The molecule has 0 saturated carbocycles. The zero-order valence-corrected chi connectivity index (χ0v) is 18.3. The van der Waals surface area contributed by atoms with Crippen LogP contribution in [-0.4, -0.2) is 68.9 Å². The normalized spacial score (nSPS) is 17.3. The summed E-state index contributed by atoms with van der Waals surface area (Å²) in [7, 11) is -1.68. The van der Waals surface area contributed by atoms with Crippen LogP contribution >= 0.6 is 0 Å². The SMILES string of the molecule is CN(CCCNC(=O)C1CCCN(C(=O)c2cccc3ccccc23)C1)S(C)(=O)=O. The minimum absolute atomic E-state index is 0.0425. The van der Waals surface area contributed by atoms with Gasteiger partial charge in [0.05, 0.1) is 12.2 Å². The fourth-order valence-electron chi connectivity index (χ4n) is 3.78. The van der Waals surface area contributed by atoms with Crippen LogP contribution in [0.3, 0.4) is 0 Å². The van der Waals surface area contributed by atoms with E-state index >= 15 is 0 Å². The summed E-state index contributed by atoms with van der Waals surface area (Å²) in [4.78, 5) is 27.5. The highest BCUT2D eigenvalue weighted by Crippen LogP contribution is 2.23. The molecule has 1 heterocycles. The molecule has 0 aromatic heterocycles. The number of hydrogen-bond donors (Lipinski definition) is 1. The molecule has 30 heavy (non-hydrogen) atoms. The Morgan fingerprint density at radius 1 is 1.17 bits per heavy atom. The highest BCUT2D eigenvalue weighted by Gasteiger charge is 2.29. The summed E-state index contributed by atoms with van der Waals surface area (Å²) in [5.74, 6) is -0.364. The van der Waals surface area contributed by atoms with E-state index in [-0.39, 0.29) is 17.7 Å². The van der Waals surface area contributed by atoms with Crippen molar-refractivity contribution in [1.82, 2.24) is 14.5 Å². The summed E-state index contributed by atoms with van der Waals surface area (Å²) in [6.07, 6.45) is 3.23. The Hall–Kier alpha value is -2.45. The minimum Gasteiger partial charge on any atom is -0.356 e. The van der Waals surface area contributed by atoms with Crippen molar-refractivity contribution >= 4 is 32.6 Å². The molecule has 1 aliphatic rings. The van der Waals surface area contributed by atoms with Gasteiger partial charge in [0, 0.05) is 38.8 Å². The van der Waals surface area contributed by atoms with Crippen LogP contribution < -0.4 is 5.32 Å². The van der Waals surface area contributed by atoms with Crippen molar-refractivity contribution in [2.75, 3.05) is 39.5 Å². The highest BCUT2D eigenvalue weighted by molar-refractivity contribution is 7.88. The molecule has 1 fully saturated rings. The van der Waals surface area contributed by atoms with Gasteiger partial charge in [0.15, 0.2) is 0 Å². The van der Waals surface area contributed by atoms with E-state index in [1.165, 1.54) is 11.4 Å².